The molecule has 0 saturated carbocycles. The zero-order chi connectivity index (χ0) is 29.5. The van der Waals surface area contributed by atoms with Crippen molar-refractivity contribution >= 4 is 23.9 Å². The Kier molecular flexibility index (Phi) is 14.5. The van der Waals surface area contributed by atoms with Crippen LogP contribution in [0, 0.1) is 0 Å². The third-order valence-electron chi connectivity index (χ3n) is 6.62. The quantitative estimate of drug-likeness (QED) is 0.216. The second-order valence-corrected chi connectivity index (χ2v) is 9.87. The fourth-order valence-corrected chi connectivity index (χ4v) is 4.51. The first-order valence-electron chi connectivity index (χ1n) is 13.2. The van der Waals surface area contributed by atoms with Crippen molar-refractivity contribution in [3.63, 3.8) is 0 Å². The largest absolute Gasteiger partial charge is 0.549 e. The third kappa shape index (κ3) is 13.8. The molecule has 1 saturated heterocycles. The molecule has 2 unspecified atom stereocenters. The number of carbonyl (C=O) groups is 4. The summed E-state index contributed by atoms with van der Waals surface area (Å²) in [5, 5.41) is 58.9. The number of carboxylic acid groups (broad SMARTS) is 4. The van der Waals surface area contributed by atoms with Crippen LogP contribution < -0.4 is 25.7 Å². The maximum absolute atomic E-state index is 11.6. The van der Waals surface area contributed by atoms with E-state index in [4.69, 9.17) is 0 Å². The van der Waals surface area contributed by atoms with Crippen molar-refractivity contribution in [1.82, 2.24) is 24.9 Å². The zero-order valence-corrected chi connectivity index (χ0v) is 22.4. The van der Waals surface area contributed by atoms with Crippen molar-refractivity contribution in [3.05, 3.63) is 35.9 Å². The first-order chi connectivity index (χ1) is 19.0. The van der Waals surface area contributed by atoms with E-state index < -0.39 is 36.0 Å². The molecule has 0 amide bonds. The minimum Gasteiger partial charge on any atom is -0.549 e. The summed E-state index contributed by atoms with van der Waals surface area (Å²) in [5.74, 6) is -5.18. The van der Waals surface area contributed by atoms with E-state index in [1.165, 1.54) is 0 Å². The van der Waals surface area contributed by atoms with E-state index in [1.807, 2.05) is 11.0 Å². The van der Waals surface area contributed by atoms with E-state index in [2.05, 4.69) is 5.32 Å². The lowest BCUT2D eigenvalue weighted by molar-refractivity contribution is -0.309. The number of β-amino-alcohol motifs (C(OH)–C–C–N with tert-alkyl or cyclic N) is 1. The summed E-state index contributed by atoms with van der Waals surface area (Å²) in [6, 6.07) is 7.96. The molecule has 40 heavy (non-hydrogen) atoms. The van der Waals surface area contributed by atoms with Crippen LogP contribution in [0.2, 0.25) is 0 Å². The summed E-state index contributed by atoms with van der Waals surface area (Å²) < 4.78 is 0. The molecule has 2 rings (SSSR count). The highest BCUT2D eigenvalue weighted by Crippen LogP contribution is 2.05. The molecule has 0 aromatic heterocycles. The maximum Gasteiger partial charge on any atom is 0.0791 e. The Morgan fingerprint density at radius 3 is 1.48 bits per heavy atom. The van der Waals surface area contributed by atoms with Crippen molar-refractivity contribution in [3.8, 4) is 0 Å². The predicted molar refractivity (Wildman–Crippen MR) is 134 cm³/mol. The van der Waals surface area contributed by atoms with E-state index in [0.29, 0.717) is 13.1 Å². The van der Waals surface area contributed by atoms with Crippen LogP contribution in [-0.2, 0) is 25.6 Å². The van der Waals surface area contributed by atoms with Gasteiger partial charge in [0.2, 0.25) is 0 Å². The minimum absolute atomic E-state index is 0.0499. The lowest BCUT2D eigenvalue weighted by Crippen LogP contribution is -2.53. The SMILES string of the molecule is O=C([O-])CN1CCN(CC(=O)[O-])CCN(CC(O)CNC(Cc2ccccc2)C(=O)[O-])CCN(CC(=O)[O-])CC1. The average Bonchev–Trinajstić information content (AvgIpc) is 2.87. The summed E-state index contributed by atoms with van der Waals surface area (Å²) in [4.78, 5) is 52.0. The van der Waals surface area contributed by atoms with Crippen LogP contribution in [0.25, 0.3) is 0 Å². The number of hydrogen-bond acceptors (Lipinski definition) is 14. The number of carbonyl (C=O) groups excluding carboxylic acids is 4. The number of hydrogen-bond donors (Lipinski definition) is 2. The Bertz CT molecular complexity index is 920. The molecule has 2 N–H and O–H groups in total. The molecule has 0 aliphatic carbocycles. The van der Waals surface area contributed by atoms with E-state index in [0.717, 1.165) is 5.56 Å². The van der Waals surface area contributed by atoms with Gasteiger partial charge in [-0.3, -0.25) is 19.6 Å². The Balaban J connectivity index is 2.06. The van der Waals surface area contributed by atoms with Crippen LogP contribution in [-0.4, -0.2) is 146 Å². The monoisotopic (exact) mass is 563 g/mol. The summed E-state index contributed by atoms with van der Waals surface area (Å²) in [7, 11) is 0. The lowest BCUT2D eigenvalue weighted by Gasteiger charge is -2.35. The Morgan fingerprint density at radius 1 is 0.700 bits per heavy atom. The number of aliphatic hydroxyl groups excluding tert-OH is 1. The van der Waals surface area contributed by atoms with Gasteiger partial charge in [-0.15, -0.1) is 0 Å². The van der Waals surface area contributed by atoms with Gasteiger partial charge in [0.15, 0.2) is 0 Å². The predicted octanol–water partition coefficient (Wildman–Crippen LogP) is -7.23. The highest BCUT2D eigenvalue weighted by atomic mass is 16.4. The van der Waals surface area contributed by atoms with Crippen molar-refractivity contribution in [2.24, 2.45) is 0 Å². The van der Waals surface area contributed by atoms with Crippen LogP contribution in [0.3, 0.4) is 0 Å². The zero-order valence-electron chi connectivity index (χ0n) is 22.4. The molecular formula is C26H37N5O9-4. The Hall–Kier alpha value is -3.14. The third-order valence-corrected chi connectivity index (χ3v) is 6.62. The van der Waals surface area contributed by atoms with E-state index in [-0.39, 0.29) is 78.4 Å². The summed E-state index contributed by atoms with van der Waals surface area (Å²) >= 11 is 0. The fraction of sp³-hybridized carbons (Fsp3) is 0.615. The number of nitrogens with one attached hydrogen (secondary N) is 1. The average molecular weight is 564 g/mol. The van der Waals surface area contributed by atoms with Gasteiger partial charge in [0.25, 0.3) is 0 Å². The van der Waals surface area contributed by atoms with Gasteiger partial charge in [0, 0.05) is 85.1 Å². The van der Waals surface area contributed by atoms with Crippen molar-refractivity contribution < 1.29 is 44.7 Å². The molecule has 0 radical (unpaired) electrons. The highest BCUT2D eigenvalue weighted by Gasteiger charge is 2.20. The Labute approximate surface area is 233 Å². The van der Waals surface area contributed by atoms with Crippen LogP contribution in [0.5, 0.6) is 0 Å². The van der Waals surface area contributed by atoms with Gasteiger partial charge in [-0.25, -0.2) is 0 Å². The molecule has 0 spiro atoms. The van der Waals surface area contributed by atoms with Crippen molar-refractivity contribution in [2.45, 2.75) is 18.6 Å². The molecule has 1 heterocycles. The molecule has 224 valence electrons. The number of aliphatic hydroxyl groups is 1. The van der Waals surface area contributed by atoms with Crippen molar-refractivity contribution in [1.29, 1.82) is 0 Å². The van der Waals surface area contributed by atoms with Gasteiger partial charge in [-0.2, -0.15) is 0 Å². The minimum atomic E-state index is -1.30. The molecule has 0 bridgehead atoms. The normalized spacial score (nSPS) is 18.7. The molecular weight excluding hydrogens is 526 g/mol. The van der Waals surface area contributed by atoms with Gasteiger partial charge in [0.1, 0.15) is 0 Å². The number of nitrogens with zero attached hydrogens (tertiary/aromatic N) is 4. The van der Waals surface area contributed by atoms with Gasteiger partial charge in [0.05, 0.1) is 36.0 Å². The van der Waals surface area contributed by atoms with Gasteiger partial charge >= 0.3 is 0 Å². The van der Waals surface area contributed by atoms with Crippen LogP contribution >= 0.6 is 0 Å². The van der Waals surface area contributed by atoms with E-state index in [9.17, 15) is 44.7 Å². The molecule has 14 nitrogen and oxygen atoms in total. The number of benzene rings is 1. The molecule has 1 fully saturated rings. The molecule has 2 atom stereocenters. The summed E-state index contributed by atoms with van der Waals surface area (Å²) in [6.45, 7) is 0.876. The number of rotatable bonds is 14. The second-order valence-electron chi connectivity index (χ2n) is 9.87. The topological polar surface area (TPSA) is 206 Å². The standard InChI is InChI=1S/C26H41N5O9/c32-21(15-27-22(26(39)40)14-20-4-2-1-3-5-20)16-28-6-8-29(17-23(33)34)10-12-31(19-25(37)38)13-11-30(9-7-28)18-24(35)36/h1-5,21-22,27,32H,6-19H2,(H,33,34)(H,35,36)(H,37,38)(H,39,40)/p-4. The lowest BCUT2D eigenvalue weighted by atomic mass is 10.1. The van der Waals surface area contributed by atoms with E-state index in [1.54, 1.807) is 39.0 Å². The Morgan fingerprint density at radius 2 is 1.10 bits per heavy atom. The van der Waals surface area contributed by atoms with Gasteiger partial charge < -0.3 is 50.0 Å². The first-order valence-corrected chi connectivity index (χ1v) is 13.2. The maximum atomic E-state index is 11.6. The smallest absolute Gasteiger partial charge is 0.0791 e. The molecule has 14 heteroatoms. The van der Waals surface area contributed by atoms with Crippen LogP contribution in [0.15, 0.2) is 30.3 Å². The molecule has 1 aromatic rings. The fourth-order valence-electron chi connectivity index (χ4n) is 4.51. The van der Waals surface area contributed by atoms with Crippen molar-refractivity contribution in [2.75, 3.05) is 85.1 Å². The molecule has 1 aromatic carbocycles. The summed E-state index contributed by atoms with van der Waals surface area (Å²) in [6.07, 6.45) is -0.821. The molecule has 1 aliphatic heterocycles. The van der Waals surface area contributed by atoms with Gasteiger partial charge in [-0.1, -0.05) is 30.3 Å². The highest BCUT2D eigenvalue weighted by molar-refractivity contribution is 5.71. The van der Waals surface area contributed by atoms with E-state index >= 15 is 0 Å². The number of carboxylic acids is 4. The van der Waals surface area contributed by atoms with Crippen LogP contribution in [0.4, 0.5) is 0 Å². The second kappa shape index (κ2) is 17.5. The van der Waals surface area contributed by atoms with Gasteiger partial charge in [-0.05, 0) is 12.0 Å². The first kappa shape index (κ1) is 33.1. The summed E-state index contributed by atoms with van der Waals surface area (Å²) in [5.41, 5.74) is 0.793. The van der Waals surface area contributed by atoms with Crippen LogP contribution in [0.1, 0.15) is 5.56 Å². The number of aliphatic carboxylic acids is 4. The molecule has 1 aliphatic rings.